The fraction of sp³-hybridized carbons (Fsp3) is 0.312. The molecule has 3 aromatic heterocycles. The van der Waals surface area contributed by atoms with E-state index in [2.05, 4.69) is 25.1 Å². The van der Waals surface area contributed by atoms with Crippen LogP contribution in [-0.2, 0) is 17.1 Å². The van der Waals surface area contributed by atoms with Gasteiger partial charge in [0.1, 0.15) is 22.9 Å². The largest absolute Gasteiger partial charge is 0.369 e. The molecule has 9 nitrogen and oxygen atoms in total. The van der Waals surface area contributed by atoms with Gasteiger partial charge in [0.25, 0.3) is 0 Å². The second-order valence-corrected chi connectivity index (χ2v) is 7.50. The van der Waals surface area contributed by atoms with E-state index in [1.54, 1.807) is 31.6 Å². The van der Waals surface area contributed by atoms with Crippen molar-refractivity contribution in [3.63, 3.8) is 0 Å². The molecule has 0 radical (unpaired) electrons. The lowest BCUT2D eigenvalue weighted by Crippen LogP contribution is -2.29. The summed E-state index contributed by atoms with van der Waals surface area (Å²) in [5.41, 5.74) is 1.09. The highest BCUT2D eigenvalue weighted by molar-refractivity contribution is 7.89. The van der Waals surface area contributed by atoms with Crippen molar-refractivity contribution in [3.8, 4) is 5.82 Å². The second-order valence-electron chi connectivity index (χ2n) is 5.80. The number of aromatic nitrogens is 5. The average molecular weight is 375 g/mol. The van der Waals surface area contributed by atoms with Crippen molar-refractivity contribution in [2.24, 2.45) is 7.05 Å². The first-order valence-corrected chi connectivity index (χ1v) is 9.56. The van der Waals surface area contributed by atoms with Gasteiger partial charge in [0, 0.05) is 38.6 Å². The van der Waals surface area contributed by atoms with Crippen molar-refractivity contribution in [1.82, 2.24) is 29.0 Å². The van der Waals surface area contributed by atoms with Gasteiger partial charge < -0.3 is 9.88 Å². The molecule has 0 bridgehead atoms. The van der Waals surface area contributed by atoms with Crippen LogP contribution in [0.5, 0.6) is 0 Å². The Morgan fingerprint density at radius 2 is 1.85 bits per heavy atom. The molecule has 0 aliphatic rings. The van der Waals surface area contributed by atoms with Crippen molar-refractivity contribution in [1.29, 1.82) is 0 Å². The molecule has 0 saturated carbocycles. The molecule has 0 aliphatic heterocycles. The fourth-order valence-corrected chi connectivity index (χ4v) is 4.13. The molecule has 2 N–H and O–H groups in total. The average Bonchev–Trinajstić information content (AvgIpc) is 3.21. The van der Waals surface area contributed by atoms with Crippen molar-refractivity contribution < 1.29 is 8.42 Å². The molecule has 0 spiro atoms. The summed E-state index contributed by atoms with van der Waals surface area (Å²) in [5, 5.41) is 7.24. The molecule has 0 unspecified atom stereocenters. The van der Waals surface area contributed by atoms with Gasteiger partial charge in [-0.25, -0.2) is 23.1 Å². The molecule has 0 aliphatic carbocycles. The summed E-state index contributed by atoms with van der Waals surface area (Å²) in [6.45, 7) is 4.03. The number of aryl methyl sites for hydroxylation is 2. The van der Waals surface area contributed by atoms with Gasteiger partial charge in [-0.3, -0.25) is 4.68 Å². The van der Waals surface area contributed by atoms with E-state index in [1.165, 1.54) is 6.33 Å². The quantitative estimate of drug-likeness (QED) is 0.597. The van der Waals surface area contributed by atoms with Crippen molar-refractivity contribution in [2.75, 3.05) is 18.4 Å². The highest BCUT2D eigenvalue weighted by Crippen LogP contribution is 2.18. The first-order chi connectivity index (χ1) is 12.4. The molecular weight excluding hydrogens is 354 g/mol. The predicted octanol–water partition coefficient (Wildman–Crippen LogP) is 1.01. The summed E-state index contributed by atoms with van der Waals surface area (Å²) in [6, 6.07) is 5.61. The van der Waals surface area contributed by atoms with Crippen LogP contribution in [0.2, 0.25) is 0 Å². The van der Waals surface area contributed by atoms with Gasteiger partial charge in [0.15, 0.2) is 0 Å². The Morgan fingerprint density at radius 3 is 2.50 bits per heavy atom. The highest BCUT2D eigenvalue weighted by Gasteiger charge is 2.23. The maximum absolute atomic E-state index is 12.5. The molecule has 0 amide bonds. The van der Waals surface area contributed by atoms with Crippen molar-refractivity contribution in [2.45, 2.75) is 18.7 Å². The Hall–Kier alpha value is -2.72. The number of nitrogens with one attached hydrogen (secondary N) is 2. The van der Waals surface area contributed by atoms with Crippen molar-refractivity contribution in [3.05, 3.63) is 48.3 Å². The molecular formula is C16H21N7O2S. The number of sulfonamides is 1. The number of nitrogens with zero attached hydrogens (tertiary/aromatic N) is 5. The van der Waals surface area contributed by atoms with E-state index in [-0.39, 0.29) is 11.4 Å². The van der Waals surface area contributed by atoms with Crippen LogP contribution in [0.3, 0.4) is 0 Å². The third kappa shape index (κ3) is 3.75. The summed E-state index contributed by atoms with van der Waals surface area (Å²) in [6.07, 6.45) is 5.24. The summed E-state index contributed by atoms with van der Waals surface area (Å²) < 4.78 is 31.0. The third-order valence-corrected chi connectivity index (χ3v) is 5.67. The molecule has 3 rings (SSSR count). The summed E-state index contributed by atoms with van der Waals surface area (Å²) in [5.74, 6) is 1.35. The molecule has 0 fully saturated rings. The first kappa shape index (κ1) is 18.1. The Kier molecular flexibility index (Phi) is 5.05. The maximum atomic E-state index is 12.5. The Bertz CT molecular complexity index is 994. The molecule has 10 heteroatoms. The number of hydrogen-bond acceptors (Lipinski definition) is 6. The third-order valence-electron chi connectivity index (χ3n) is 3.96. The SMILES string of the molecule is Cc1nn(C)c(C)c1S(=O)(=O)NCCNc1cc(-n2cccc2)ncn1. The molecule has 0 aromatic carbocycles. The summed E-state index contributed by atoms with van der Waals surface area (Å²) >= 11 is 0. The van der Waals surface area contributed by atoms with Crippen molar-refractivity contribution >= 4 is 15.8 Å². The highest BCUT2D eigenvalue weighted by atomic mass is 32.2. The lowest BCUT2D eigenvalue weighted by Gasteiger charge is -2.09. The van der Waals surface area contributed by atoms with Gasteiger partial charge in [0.2, 0.25) is 10.0 Å². The van der Waals surface area contributed by atoms with Gasteiger partial charge in [-0.1, -0.05) is 0 Å². The minimum absolute atomic E-state index is 0.221. The van der Waals surface area contributed by atoms with Gasteiger partial charge >= 0.3 is 0 Å². The van der Waals surface area contributed by atoms with Crippen LogP contribution in [0, 0.1) is 13.8 Å². The van der Waals surface area contributed by atoms with E-state index in [1.807, 2.05) is 29.1 Å². The second kappa shape index (κ2) is 7.26. The zero-order valence-electron chi connectivity index (χ0n) is 14.8. The topological polar surface area (TPSA) is 107 Å². The standard InChI is InChI=1S/C16H21N7O2S/c1-12-16(13(2)22(3)21-12)26(24,25)20-7-6-17-14-10-15(19-11-18-14)23-8-4-5-9-23/h4-5,8-11,20H,6-7H2,1-3H3,(H,17,18,19). The number of anilines is 1. The Balaban J connectivity index is 1.60. The zero-order valence-corrected chi connectivity index (χ0v) is 15.7. The number of hydrogen-bond donors (Lipinski definition) is 2. The predicted molar refractivity (Wildman–Crippen MR) is 97.7 cm³/mol. The Morgan fingerprint density at radius 1 is 1.12 bits per heavy atom. The Labute approximate surface area is 152 Å². The molecule has 3 heterocycles. The zero-order chi connectivity index (χ0) is 18.7. The lowest BCUT2D eigenvalue weighted by atomic mass is 10.4. The fourth-order valence-electron chi connectivity index (χ4n) is 2.66. The maximum Gasteiger partial charge on any atom is 0.244 e. The van der Waals surface area contributed by atoms with E-state index < -0.39 is 10.0 Å². The van der Waals surface area contributed by atoms with Gasteiger partial charge in [0.05, 0.1) is 11.4 Å². The molecule has 138 valence electrons. The molecule has 0 atom stereocenters. The smallest absolute Gasteiger partial charge is 0.244 e. The van der Waals surface area contributed by atoms with Gasteiger partial charge in [-0.15, -0.1) is 0 Å². The molecule has 3 aromatic rings. The van der Waals surface area contributed by atoms with Crippen LogP contribution in [0.4, 0.5) is 5.82 Å². The van der Waals surface area contributed by atoms with Crippen LogP contribution in [0.1, 0.15) is 11.4 Å². The van der Waals surface area contributed by atoms with Gasteiger partial charge in [-0.05, 0) is 26.0 Å². The van der Waals surface area contributed by atoms with E-state index in [4.69, 9.17) is 0 Å². The van der Waals surface area contributed by atoms with Gasteiger partial charge in [-0.2, -0.15) is 5.10 Å². The number of rotatable bonds is 7. The van der Waals surface area contributed by atoms with Crippen LogP contribution in [0.15, 0.2) is 41.8 Å². The van der Waals surface area contributed by atoms with Crippen LogP contribution in [-0.4, -0.2) is 45.8 Å². The first-order valence-electron chi connectivity index (χ1n) is 8.07. The monoisotopic (exact) mass is 375 g/mol. The summed E-state index contributed by atoms with van der Waals surface area (Å²) in [4.78, 5) is 8.58. The van der Waals surface area contributed by atoms with E-state index in [0.717, 1.165) is 5.82 Å². The summed E-state index contributed by atoms with van der Waals surface area (Å²) in [7, 11) is -1.89. The van der Waals surface area contributed by atoms with E-state index >= 15 is 0 Å². The molecule has 26 heavy (non-hydrogen) atoms. The minimum atomic E-state index is -3.61. The molecule has 0 saturated heterocycles. The van der Waals surface area contributed by atoms with Crippen LogP contribution < -0.4 is 10.0 Å². The normalized spacial score (nSPS) is 11.7. The minimum Gasteiger partial charge on any atom is -0.369 e. The van der Waals surface area contributed by atoms with E-state index in [9.17, 15) is 8.42 Å². The van der Waals surface area contributed by atoms with Crippen LogP contribution in [0.25, 0.3) is 5.82 Å². The van der Waals surface area contributed by atoms with E-state index in [0.29, 0.717) is 23.8 Å². The lowest BCUT2D eigenvalue weighted by molar-refractivity contribution is 0.581. The van der Waals surface area contributed by atoms with Crippen LogP contribution >= 0.6 is 0 Å².